The van der Waals surface area contributed by atoms with Crippen LogP contribution < -0.4 is 4.90 Å². The van der Waals surface area contributed by atoms with Crippen molar-refractivity contribution in [2.75, 3.05) is 11.4 Å². The minimum Gasteiger partial charge on any atom is -0.310 e. The predicted octanol–water partition coefficient (Wildman–Crippen LogP) is 2.53. The van der Waals surface area contributed by atoms with E-state index in [1.165, 1.54) is 0 Å². The molecule has 6 heteroatoms. The monoisotopic (exact) mass is 306 g/mol. The van der Waals surface area contributed by atoms with Crippen molar-refractivity contribution < 1.29 is 4.79 Å². The van der Waals surface area contributed by atoms with E-state index in [2.05, 4.69) is 33.5 Å². The molecule has 1 unspecified atom stereocenters. The Kier molecular flexibility index (Phi) is 3.23. The van der Waals surface area contributed by atoms with Gasteiger partial charge in [0, 0.05) is 18.2 Å². The van der Waals surface area contributed by atoms with Crippen LogP contribution in [0.1, 0.15) is 6.42 Å². The minimum atomic E-state index is 0.0750. The molecular formula is C9H8BrClN2OS. The molecule has 0 aromatic carbocycles. The summed E-state index contributed by atoms with van der Waals surface area (Å²) < 4.78 is 0.692. The summed E-state index contributed by atoms with van der Waals surface area (Å²) >= 11 is 13.3. The fourth-order valence-corrected chi connectivity index (χ4v) is 2.26. The van der Waals surface area contributed by atoms with Crippen molar-refractivity contribution >= 4 is 51.8 Å². The van der Waals surface area contributed by atoms with E-state index in [4.69, 9.17) is 11.6 Å². The van der Waals surface area contributed by atoms with Crippen LogP contribution in [0.4, 0.5) is 5.69 Å². The van der Waals surface area contributed by atoms with Crippen LogP contribution in [0, 0.1) is 0 Å². The van der Waals surface area contributed by atoms with Crippen molar-refractivity contribution in [1.29, 1.82) is 0 Å². The predicted molar refractivity (Wildman–Crippen MR) is 66.7 cm³/mol. The van der Waals surface area contributed by atoms with E-state index < -0.39 is 0 Å². The van der Waals surface area contributed by atoms with Gasteiger partial charge in [-0.1, -0.05) is 11.6 Å². The van der Waals surface area contributed by atoms with Crippen LogP contribution in [0.25, 0.3) is 0 Å². The van der Waals surface area contributed by atoms with E-state index in [0.29, 0.717) is 22.6 Å². The van der Waals surface area contributed by atoms with Gasteiger partial charge in [0.15, 0.2) is 0 Å². The number of carbonyl (C=O) groups excluding carboxylic acids is 1. The maximum atomic E-state index is 11.6. The summed E-state index contributed by atoms with van der Waals surface area (Å²) in [7, 11) is 0. The summed E-state index contributed by atoms with van der Waals surface area (Å²) in [5.41, 5.74) is 0.757. The van der Waals surface area contributed by atoms with Crippen molar-refractivity contribution in [2.45, 2.75) is 11.7 Å². The summed E-state index contributed by atoms with van der Waals surface area (Å²) in [6.45, 7) is 0.623. The summed E-state index contributed by atoms with van der Waals surface area (Å²) in [6.07, 6.45) is 2.07. The Hall–Kier alpha value is -0.260. The Bertz CT molecular complexity index is 415. The number of aromatic nitrogens is 1. The summed E-state index contributed by atoms with van der Waals surface area (Å²) in [5, 5.41) is 0.500. The highest BCUT2D eigenvalue weighted by atomic mass is 79.9. The first-order valence-electron chi connectivity index (χ1n) is 4.37. The number of rotatable bonds is 1. The Labute approximate surface area is 106 Å². The Morgan fingerprint density at radius 3 is 2.93 bits per heavy atom. The first kappa shape index (κ1) is 11.2. The molecule has 3 nitrogen and oxygen atoms in total. The number of hydrogen-bond donors (Lipinski definition) is 1. The largest absolute Gasteiger partial charge is 0.310 e. The number of anilines is 1. The lowest BCUT2D eigenvalue weighted by molar-refractivity contribution is -0.117. The second-order valence-electron chi connectivity index (χ2n) is 3.33. The first-order valence-corrected chi connectivity index (χ1v) is 6.06. The second-order valence-corrected chi connectivity index (χ2v) is 5.27. The molecule has 0 radical (unpaired) electrons. The second kappa shape index (κ2) is 4.31. The van der Waals surface area contributed by atoms with Crippen molar-refractivity contribution in [3.05, 3.63) is 21.9 Å². The normalized spacial score (nSPS) is 21.1. The average Bonchev–Trinajstić information content (AvgIpc) is 2.50. The molecule has 1 aliphatic heterocycles. The van der Waals surface area contributed by atoms with Gasteiger partial charge in [0.05, 0.1) is 16.4 Å². The molecule has 0 bridgehead atoms. The highest BCUT2D eigenvalue weighted by Gasteiger charge is 2.28. The molecule has 1 aliphatic rings. The molecular weight excluding hydrogens is 300 g/mol. The van der Waals surface area contributed by atoms with Gasteiger partial charge in [0.25, 0.3) is 0 Å². The number of amides is 1. The summed E-state index contributed by atoms with van der Waals surface area (Å²) in [5.74, 6) is 0.0750. The van der Waals surface area contributed by atoms with Gasteiger partial charge in [-0.2, -0.15) is 12.6 Å². The fourth-order valence-electron chi connectivity index (χ4n) is 1.50. The van der Waals surface area contributed by atoms with Crippen molar-refractivity contribution in [3.63, 3.8) is 0 Å². The molecule has 1 fully saturated rings. The third-order valence-electron chi connectivity index (χ3n) is 2.20. The van der Waals surface area contributed by atoms with Gasteiger partial charge < -0.3 is 4.90 Å². The topological polar surface area (TPSA) is 33.2 Å². The van der Waals surface area contributed by atoms with Gasteiger partial charge in [0.1, 0.15) is 5.15 Å². The number of pyridine rings is 1. The first-order chi connectivity index (χ1) is 7.08. The molecule has 1 saturated heterocycles. The molecule has 1 atom stereocenters. The molecule has 1 amide bonds. The maximum absolute atomic E-state index is 11.6. The van der Waals surface area contributed by atoms with Crippen LogP contribution in [-0.2, 0) is 4.79 Å². The van der Waals surface area contributed by atoms with E-state index in [-0.39, 0.29) is 11.2 Å². The van der Waals surface area contributed by atoms with Crippen LogP contribution in [0.2, 0.25) is 5.15 Å². The van der Waals surface area contributed by atoms with Crippen LogP contribution in [-0.4, -0.2) is 22.7 Å². The van der Waals surface area contributed by atoms with Crippen molar-refractivity contribution in [2.24, 2.45) is 0 Å². The fraction of sp³-hybridized carbons (Fsp3) is 0.333. The molecule has 0 saturated carbocycles. The average molecular weight is 308 g/mol. The van der Waals surface area contributed by atoms with E-state index in [1.807, 2.05) is 0 Å². The Morgan fingerprint density at radius 2 is 2.40 bits per heavy atom. The van der Waals surface area contributed by atoms with Crippen LogP contribution in [0.5, 0.6) is 0 Å². The lowest BCUT2D eigenvalue weighted by Crippen LogP contribution is -2.24. The Morgan fingerprint density at radius 1 is 1.67 bits per heavy atom. The zero-order chi connectivity index (χ0) is 11.0. The van der Waals surface area contributed by atoms with Gasteiger partial charge >= 0.3 is 0 Å². The number of nitrogens with zero attached hydrogens (tertiary/aromatic N) is 2. The molecule has 15 heavy (non-hydrogen) atoms. The number of halogens is 2. The molecule has 1 aromatic rings. The van der Waals surface area contributed by atoms with Gasteiger partial charge in [-0.05, 0) is 22.0 Å². The lowest BCUT2D eigenvalue weighted by Gasteiger charge is -2.15. The molecule has 2 heterocycles. The standard InChI is InChI=1S/C9H8BrClN2OS/c10-7-1-5(3-12-9(7)11)13-4-6(15)2-8(13)14/h1,3,6,15H,2,4H2. The van der Waals surface area contributed by atoms with E-state index in [1.54, 1.807) is 17.2 Å². The molecule has 0 spiro atoms. The van der Waals surface area contributed by atoms with Gasteiger partial charge in [-0.15, -0.1) is 0 Å². The molecule has 0 aliphatic carbocycles. The highest BCUT2D eigenvalue weighted by Crippen LogP contribution is 2.28. The van der Waals surface area contributed by atoms with Gasteiger partial charge in [-0.3, -0.25) is 4.79 Å². The zero-order valence-corrected chi connectivity index (χ0v) is 10.9. The van der Waals surface area contributed by atoms with Gasteiger partial charge in [0.2, 0.25) is 5.91 Å². The number of carbonyl (C=O) groups is 1. The maximum Gasteiger partial charge on any atom is 0.228 e. The van der Waals surface area contributed by atoms with Crippen LogP contribution >= 0.6 is 40.2 Å². The van der Waals surface area contributed by atoms with Crippen molar-refractivity contribution in [3.8, 4) is 0 Å². The zero-order valence-electron chi connectivity index (χ0n) is 7.65. The molecule has 2 rings (SSSR count). The third kappa shape index (κ3) is 2.29. The molecule has 80 valence electrons. The van der Waals surface area contributed by atoms with E-state index >= 15 is 0 Å². The van der Waals surface area contributed by atoms with Gasteiger partial charge in [-0.25, -0.2) is 4.98 Å². The minimum absolute atomic E-state index is 0.0750. The smallest absolute Gasteiger partial charge is 0.228 e. The molecule has 0 N–H and O–H groups in total. The lowest BCUT2D eigenvalue weighted by atomic mass is 10.4. The number of thiol groups is 1. The summed E-state index contributed by atoms with van der Waals surface area (Å²) in [4.78, 5) is 17.2. The summed E-state index contributed by atoms with van der Waals surface area (Å²) in [6, 6.07) is 1.79. The quantitative estimate of drug-likeness (QED) is 0.639. The van der Waals surface area contributed by atoms with E-state index in [0.717, 1.165) is 5.69 Å². The molecule has 1 aromatic heterocycles. The number of hydrogen-bond acceptors (Lipinski definition) is 3. The van der Waals surface area contributed by atoms with Crippen molar-refractivity contribution in [1.82, 2.24) is 4.98 Å². The van der Waals surface area contributed by atoms with Crippen LogP contribution in [0.15, 0.2) is 16.7 Å². The SMILES string of the molecule is O=C1CC(S)CN1c1cnc(Cl)c(Br)c1. The third-order valence-corrected chi connectivity index (χ3v) is 3.68. The van der Waals surface area contributed by atoms with E-state index in [9.17, 15) is 4.79 Å². The highest BCUT2D eigenvalue weighted by molar-refractivity contribution is 9.10. The van der Waals surface area contributed by atoms with Crippen LogP contribution in [0.3, 0.4) is 0 Å². The Balaban J connectivity index is 2.30.